The van der Waals surface area contributed by atoms with Gasteiger partial charge in [-0.15, -0.1) is 0 Å². The summed E-state index contributed by atoms with van der Waals surface area (Å²) in [5.41, 5.74) is 0. The van der Waals surface area contributed by atoms with Gasteiger partial charge in [-0.05, 0) is 13.5 Å². The molecule has 61 valence electrons. The van der Waals surface area contributed by atoms with Crippen molar-refractivity contribution in [1.29, 1.82) is 0 Å². The summed E-state index contributed by atoms with van der Waals surface area (Å²) in [6.45, 7) is 2.57. The molecule has 0 saturated carbocycles. The Bertz CT molecular complexity index is 60.6. The second-order valence-electron chi connectivity index (χ2n) is 2.35. The molecule has 0 unspecified atom stereocenters. The molecule has 0 aromatic rings. The van der Waals surface area contributed by atoms with Gasteiger partial charge in [0.1, 0.15) is 0 Å². The van der Waals surface area contributed by atoms with Crippen molar-refractivity contribution in [3.05, 3.63) is 0 Å². The standard InChI is InChI=1S/C7H16NO2/c1-8(4-3-6-9)5-7-10-2/h3-7H2,1-2H3. The van der Waals surface area contributed by atoms with Gasteiger partial charge in [0.2, 0.25) is 0 Å². The van der Waals surface area contributed by atoms with Crippen LogP contribution in [0.1, 0.15) is 6.42 Å². The molecular formula is C7H16NO2. The molecule has 0 aromatic carbocycles. The molecule has 1 radical (unpaired) electrons. The minimum atomic E-state index is 0.0251. The van der Waals surface area contributed by atoms with Crippen molar-refractivity contribution in [2.24, 2.45) is 0 Å². The highest BCUT2D eigenvalue weighted by molar-refractivity contribution is 4.48. The van der Waals surface area contributed by atoms with Gasteiger partial charge in [-0.2, -0.15) is 0 Å². The molecule has 0 aromatic heterocycles. The fraction of sp³-hybridized carbons (Fsp3) is 1.00. The zero-order chi connectivity index (χ0) is 7.82. The topological polar surface area (TPSA) is 32.4 Å². The average Bonchev–Trinajstić information content (AvgIpc) is 1.97. The molecule has 0 atom stereocenters. The molecule has 0 N–H and O–H groups in total. The van der Waals surface area contributed by atoms with Gasteiger partial charge < -0.3 is 9.64 Å². The van der Waals surface area contributed by atoms with Crippen LogP contribution in [0.4, 0.5) is 0 Å². The number of hydrogen-bond acceptors (Lipinski definition) is 2. The van der Waals surface area contributed by atoms with Crippen molar-refractivity contribution in [1.82, 2.24) is 4.90 Å². The Balaban J connectivity index is 3.00. The maximum atomic E-state index is 10.1. The van der Waals surface area contributed by atoms with Gasteiger partial charge in [0, 0.05) is 20.2 Å². The molecule has 0 spiro atoms. The van der Waals surface area contributed by atoms with E-state index in [-0.39, 0.29) is 6.61 Å². The quantitative estimate of drug-likeness (QED) is 0.543. The van der Waals surface area contributed by atoms with E-state index in [4.69, 9.17) is 4.74 Å². The van der Waals surface area contributed by atoms with Gasteiger partial charge in [-0.1, -0.05) is 0 Å². The highest BCUT2D eigenvalue weighted by Crippen LogP contribution is 1.85. The molecule has 0 amide bonds. The first-order chi connectivity index (χ1) is 4.81. The lowest BCUT2D eigenvalue weighted by Crippen LogP contribution is -2.24. The Hall–Kier alpha value is -0.120. The Kier molecular flexibility index (Phi) is 6.91. The zero-order valence-electron chi connectivity index (χ0n) is 6.80. The zero-order valence-corrected chi connectivity index (χ0v) is 6.80. The Labute approximate surface area is 62.6 Å². The summed E-state index contributed by atoms with van der Waals surface area (Å²) in [5.74, 6) is 0. The van der Waals surface area contributed by atoms with Crippen LogP contribution in [0.2, 0.25) is 0 Å². The molecule has 10 heavy (non-hydrogen) atoms. The van der Waals surface area contributed by atoms with Crippen LogP contribution in [0.25, 0.3) is 0 Å². The van der Waals surface area contributed by atoms with E-state index in [2.05, 4.69) is 4.90 Å². The van der Waals surface area contributed by atoms with Crippen LogP contribution in [-0.2, 0) is 9.84 Å². The van der Waals surface area contributed by atoms with Crippen LogP contribution < -0.4 is 0 Å². The van der Waals surface area contributed by atoms with Crippen molar-refractivity contribution >= 4 is 0 Å². The summed E-state index contributed by atoms with van der Waals surface area (Å²) in [5, 5.41) is 10.1. The third-order valence-corrected chi connectivity index (χ3v) is 1.36. The number of hydrogen-bond donors (Lipinski definition) is 0. The second kappa shape index (κ2) is 6.99. The lowest BCUT2D eigenvalue weighted by Gasteiger charge is -2.14. The summed E-state index contributed by atoms with van der Waals surface area (Å²) >= 11 is 0. The minimum Gasteiger partial charge on any atom is -0.383 e. The average molecular weight is 146 g/mol. The fourth-order valence-corrected chi connectivity index (χ4v) is 0.693. The van der Waals surface area contributed by atoms with E-state index in [1.165, 1.54) is 0 Å². The highest BCUT2D eigenvalue weighted by Gasteiger charge is 1.95. The normalized spacial score (nSPS) is 10.8. The molecule has 0 aliphatic heterocycles. The molecule has 0 fully saturated rings. The van der Waals surface area contributed by atoms with Crippen LogP contribution in [0.5, 0.6) is 0 Å². The van der Waals surface area contributed by atoms with Gasteiger partial charge in [0.15, 0.2) is 0 Å². The Morgan fingerprint density at radius 1 is 1.40 bits per heavy atom. The van der Waals surface area contributed by atoms with Crippen molar-refractivity contribution < 1.29 is 9.84 Å². The SMILES string of the molecule is COCCN(C)CCC[O]. The summed E-state index contributed by atoms with van der Waals surface area (Å²) in [7, 11) is 3.68. The molecule has 0 bridgehead atoms. The molecule has 0 aliphatic rings. The van der Waals surface area contributed by atoms with Gasteiger partial charge in [-0.3, -0.25) is 0 Å². The molecule has 3 nitrogen and oxygen atoms in total. The number of ether oxygens (including phenoxy) is 1. The summed E-state index contributed by atoms with van der Waals surface area (Å²) in [6.07, 6.45) is 0.736. The number of nitrogens with zero attached hydrogens (tertiary/aromatic N) is 1. The summed E-state index contributed by atoms with van der Waals surface area (Å²) in [6, 6.07) is 0. The predicted molar refractivity (Wildman–Crippen MR) is 39.5 cm³/mol. The summed E-state index contributed by atoms with van der Waals surface area (Å²) in [4.78, 5) is 2.10. The lowest BCUT2D eigenvalue weighted by molar-refractivity contribution is 0.143. The van der Waals surface area contributed by atoms with Crippen molar-refractivity contribution in [3.8, 4) is 0 Å². The minimum absolute atomic E-state index is 0.0251. The van der Waals surface area contributed by atoms with Crippen molar-refractivity contribution in [2.45, 2.75) is 6.42 Å². The highest BCUT2D eigenvalue weighted by atomic mass is 16.5. The fourth-order valence-electron chi connectivity index (χ4n) is 0.693. The largest absolute Gasteiger partial charge is 0.383 e. The molecule has 3 heteroatoms. The van der Waals surface area contributed by atoms with Crippen molar-refractivity contribution in [3.63, 3.8) is 0 Å². The maximum Gasteiger partial charge on any atom is 0.0834 e. The molecular weight excluding hydrogens is 130 g/mol. The van der Waals surface area contributed by atoms with E-state index in [9.17, 15) is 5.11 Å². The maximum absolute atomic E-state index is 10.1. The van der Waals surface area contributed by atoms with Crippen LogP contribution in [0.15, 0.2) is 0 Å². The third-order valence-electron chi connectivity index (χ3n) is 1.36. The third kappa shape index (κ3) is 6.01. The van der Waals surface area contributed by atoms with Crippen LogP contribution in [0, 0.1) is 0 Å². The smallest absolute Gasteiger partial charge is 0.0834 e. The van der Waals surface area contributed by atoms with Crippen molar-refractivity contribution in [2.75, 3.05) is 40.5 Å². The first-order valence-electron chi connectivity index (χ1n) is 3.57. The number of methoxy groups -OCH3 is 1. The van der Waals surface area contributed by atoms with E-state index in [1.807, 2.05) is 7.05 Å². The van der Waals surface area contributed by atoms with E-state index in [0.717, 1.165) is 26.1 Å². The van der Waals surface area contributed by atoms with Crippen LogP contribution >= 0.6 is 0 Å². The number of likely N-dealkylation sites (N-methyl/N-ethyl adjacent to an activating group) is 1. The monoisotopic (exact) mass is 146 g/mol. The first kappa shape index (κ1) is 9.88. The van der Waals surface area contributed by atoms with Crippen LogP contribution in [0.3, 0.4) is 0 Å². The lowest BCUT2D eigenvalue weighted by atomic mass is 10.4. The molecule has 0 aliphatic carbocycles. The number of rotatable bonds is 6. The van der Waals surface area contributed by atoms with Gasteiger partial charge >= 0.3 is 0 Å². The van der Waals surface area contributed by atoms with E-state index in [0.29, 0.717) is 0 Å². The van der Waals surface area contributed by atoms with E-state index in [1.54, 1.807) is 7.11 Å². The Morgan fingerprint density at radius 3 is 2.60 bits per heavy atom. The molecule has 0 heterocycles. The Morgan fingerprint density at radius 2 is 2.10 bits per heavy atom. The van der Waals surface area contributed by atoms with Gasteiger partial charge in [-0.25, -0.2) is 5.11 Å². The molecule has 0 rings (SSSR count). The van der Waals surface area contributed by atoms with E-state index < -0.39 is 0 Å². The van der Waals surface area contributed by atoms with Gasteiger partial charge in [0.05, 0.1) is 13.2 Å². The van der Waals surface area contributed by atoms with E-state index >= 15 is 0 Å². The summed E-state index contributed by atoms with van der Waals surface area (Å²) < 4.78 is 4.87. The molecule has 0 saturated heterocycles. The van der Waals surface area contributed by atoms with Gasteiger partial charge in [0.25, 0.3) is 0 Å². The predicted octanol–water partition coefficient (Wildman–Crippen LogP) is 0.385. The second-order valence-corrected chi connectivity index (χ2v) is 2.35. The van der Waals surface area contributed by atoms with Crippen LogP contribution in [-0.4, -0.2) is 45.4 Å². The first-order valence-corrected chi connectivity index (χ1v) is 3.57.